The molecule has 5 nitrogen and oxygen atoms in total. The second-order valence-electron chi connectivity index (χ2n) is 3.89. The van der Waals surface area contributed by atoms with E-state index >= 15 is 0 Å². The summed E-state index contributed by atoms with van der Waals surface area (Å²) in [6.45, 7) is 4.57. The van der Waals surface area contributed by atoms with Crippen molar-refractivity contribution in [3.05, 3.63) is 0 Å². The third kappa shape index (κ3) is 4.61. The molecule has 0 aromatic rings. The van der Waals surface area contributed by atoms with E-state index in [2.05, 4.69) is 12.2 Å². The van der Waals surface area contributed by atoms with Gasteiger partial charge < -0.3 is 15.0 Å². The van der Waals surface area contributed by atoms with Crippen LogP contribution in [0.25, 0.3) is 0 Å². The van der Waals surface area contributed by atoms with Gasteiger partial charge in [-0.25, -0.2) is 0 Å². The molecular weight excluding hydrogens is 208 g/mol. The average Bonchev–Trinajstić information content (AvgIpc) is 2.29. The smallest absolute Gasteiger partial charge is 0.248 e. The first kappa shape index (κ1) is 13.0. The predicted molar refractivity (Wildman–Crippen MR) is 59.9 cm³/mol. The number of nitrogens with one attached hydrogen (secondary N) is 1. The quantitative estimate of drug-likeness (QED) is 0.704. The molecule has 1 N–H and O–H groups in total. The van der Waals surface area contributed by atoms with Gasteiger partial charge in [0.05, 0.1) is 6.61 Å². The lowest BCUT2D eigenvalue weighted by Gasteiger charge is -2.26. The number of carbonyl (C=O) groups excluding carboxylic acids is 2. The molecule has 0 saturated carbocycles. The summed E-state index contributed by atoms with van der Waals surface area (Å²) in [5, 5.41) is 2.81. The Kier molecular flexibility index (Phi) is 5.85. The highest BCUT2D eigenvalue weighted by molar-refractivity contribution is 5.78. The fourth-order valence-corrected chi connectivity index (χ4v) is 1.54. The van der Waals surface area contributed by atoms with Crippen LogP contribution >= 0.6 is 0 Å². The van der Waals surface area contributed by atoms with Crippen LogP contribution in [0, 0.1) is 0 Å². The largest absolute Gasteiger partial charge is 0.370 e. The highest BCUT2D eigenvalue weighted by Gasteiger charge is 2.17. The second kappa shape index (κ2) is 7.22. The number of nitrogens with zero attached hydrogens (tertiary/aromatic N) is 1. The van der Waals surface area contributed by atoms with Crippen LogP contribution in [0.15, 0.2) is 0 Å². The monoisotopic (exact) mass is 228 g/mol. The molecule has 0 aromatic heterocycles. The number of unbranched alkanes of at least 4 members (excludes halogenated alkanes) is 1. The number of hydrogen-bond acceptors (Lipinski definition) is 3. The molecule has 0 unspecified atom stereocenters. The predicted octanol–water partition coefficient (Wildman–Crippen LogP) is 0.152. The number of morpholine rings is 1. The van der Waals surface area contributed by atoms with Crippen molar-refractivity contribution in [1.82, 2.24) is 10.2 Å². The summed E-state index contributed by atoms with van der Waals surface area (Å²) in [4.78, 5) is 24.3. The van der Waals surface area contributed by atoms with E-state index in [0.717, 1.165) is 12.8 Å². The first-order valence-corrected chi connectivity index (χ1v) is 5.86. The minimum atomic E-state index is 0.00839. The van der Waals surface area contributed by atoms with Crippen molar-refractivity contribution in [2.24, 2.45) is 0 Å². The van der Waals surface area contributed by atoms with Crippen molar-refractivity contribution >= 4 is 11.8 Å². The Hall–Kier alpha value is -1.10. The molecule has 1 aliphatic heterocycles. The van der Waals surface area contributed by atoms with Crippen LogP contribution in [0.1, 0.15) is 26.2 Å². The molecule has 1 saturated heterocycles. The van der Waals surface area contributed by atoms with E-state index in [1.807, 2.05) is 0 Å². The van der Waals surface area contributed by atoms with E-state index < -0.39 is 0 Å². The molecule has 16 heavy (non-hydrogen) atoms. The van der Waals surface area contributed by atoms with Gasteiger partial charge in [0.2, 0.25) is 11.8 Å². The molecule has 5 heteroatoms. The Morgan fingerprint density at radius 1 is 1.56 bits per heavy atom. The van der Waals surface area contributed by atoms with E-state index in [9.17, 15) is 9.59 Å². The van der Waals surface area contributed by atoms with Crippen LogP contribution < -0.4 is 5.32 Å². The Balaban J connectivity index is 2.09. The van der Waals surface area contributed by atoms with Gasteiger partial charge in [0.1, 0.15) is 6.61 Å². The van der Waals surface area contributed by atoms with E-state index in [4.69, 9.17) is 4.74 Å². The van der Waals surface area contributed by atoms with Crippen LogP contribution in [0.2, 0.25) is 0 Å². The van der Waals surface area contributed by atoms with E-state index in [-0.39, 0.29) is 18.4 Å². The summed E-state index contributed by atoms with van der Waals surface area (Å²) >= 11 is 0. The molecule has 0 atom stereocenters. The van der Waals surface area contributed by atoms with E-state index in [1.54, 1.807) is 4.90 Å². The number of amides is 2. The Labute approximate surface area is 96.1 Å². The minimum Gasteiger partial charge on any atom is -0.370 e. The molecule has 1 aliphatic rings. The van der Waals surface area contributed by atoms with Gasteiger partial charge in [-0.15, -0.1) is 0 Å². The van der Waals surface area contributed by atoms with Crippen molar-refractivity contribution in [2.45, 2.75) is 26.2 Å². The number of rotatable bonds is 6. The third-order valence-electron chi connectivity index (χ3n) is 2.55. The first-order valence-electron chi connectivity index (χ1n) is 5.86. The van der Waals surface area contributed by atoms with Crippen LogP contribution in [-0.2, 0) is 14.3 Å². The summed E-state index contributed by atoms with van der Waals surface area (Å²) in [5.74, 6) is 0.0802. The van der Waals surface area contributed by atoms with Gasteiger partial charge in [-0.05, 0) is 6.42 Å². The molecular formula is C11H20N2O3. The lowest BCUT2D eigenvalue weighted by atomic mass is 10.2. The fourth-order valence-electron chi connectivity index (χ4n) is 1.54. The fraction of sp³-hybridized carbons (Fsp3) is 0.818. The molecule has 0 bridgehead atoms. The standard InChI is InChI=1S/C11H20N2O3/c1-2-3-4-10(14)12-5-6-13-7-8-16-9-11(13)15/h2-9H2,1H3,(H,12,14). The minimum absolute atomic E-state index is 0.00839. The van der Waals surface area contributed by atoms with Crippen molar-refractivity contribution in [2.75, 3.05) is 32.8 Å². The molecule has 1 heterocycles. The number of carbonyl (C=O) groups is 2. The van der Waals surface area contributed by atoms with Crippen LogP contribution in [0.3, 0.4) is 0 Å². The molecule has 0 aromatic carbocycles. The van der Waals surface area contributed by atoms with Crippen molar-refractivity contribution in [1.29, 1.82) is 0 Å². The maximum absolute atomic E-state index is 11.3. The zero-order valence-corrected chi connectivity index (χ0v) is 9.83. The zero-order valence-electron chi connectivity index (χ0n) is 9.83. The summed E-state index contributed by atoms with van der Waals surface area (Å²) in [6, 6.07) is 0. The SMILES string of the molecule is CCCCC(=O)NCCN1CCOCC1=O. The second-order valence-corrected chi connectivity index (χ2v) is 3.89. The topological polar surface area (TPSA) is 58.6 Å². The van der Waals surface area contributed by atoms with Gasteiger partial charge >= 0.3 is 0 Å². The highest BCUT2D eigenvalue weighted by atomic mass is 16.5. The van der Waals surface area contributed by atoms with Crippen molar-refractivity contribution < 1.29 is 14.3 Å². The first-order chi connectivity index (χ1) is 7.74. The van der Waals surface area contributed by atoms with Crippen LogP contribution in [-0.4, -0.2) is 49.6 Å². The van der Waals surface area contributed by atoms with Crippen molar-refractivity contribution in [3.63, 3.8) is 0 Å². The number of hydrogen-bond donors (Lipinski definition) is 1. The van der Waals surface area contributed by atoms with Gasteiger partial charge in [-0.2, -0.15) is 0 Å². The molecule has 0 aliphatic carbocycles. The average molecular weight is 228 g/mol. The van der Waals surface area contributed by atoms with Gasteiger partial charge in [0.25, 0.3) is 0 Å². The lowest BCUT2D eigenvalue weighted by molar-refractivity contribution is -0.142. The van der Waals surface area contributed by atoms with Gasteiger partial charge in [0, 0.05) is 26.1 Å². The van der Waals surface area contributed by atoms with Crippen molar-refractivity contribution in [3.8, 4) is 0 Å². The highest BCUT2D eigenvalue weighted by Crippen LogP contribution is 1.97. The third-order valence-corrected chi connectivity index (χ3v) is 2.55. The van der Waals surface area contributed by atoms with E-state index in [0.29, 0.717) is 32.7 Å². The van der Waals surface area contributed by atoms with Crippen LogP contribution in [0.4, 0.5) is 0 Å². The zero-order chi connectivity index (χ0) is 11.8. The molecule has 1 rings (SSSR count). The summed E-state index contributed by atoms with van der Waals surface area (Å²) in [7, 11) is 0. The molecule has 0 radical (unpaired) electrons. The lowest BCUT2D eigenvalue weighted by Crippen LogP contribution is -2.45. The Morgan fingerprint density at radius 3 is 3.06 bits per heavy atom. The molecule has 92 valence electrons. The summed E-state index contributed by atoms with van der Waals surface area (Å²) < 4.78 is 5.01. The number of ether oxygens (including phenoxy) is 1. The van der Waals surface area contributed by atoms with E-state index in [1.165, 1.54) is 0 Å². The maximum Gasteiger partial charge on any atom is 0.248 e. The summed E-state index contributed by atoms with van der Waals surface area (Å²) in [6.07, 6.45) is 2.52. The van der Waals surface area contributed by atoms with Gasteiger partial charge in [0.15, 0.2) is 0 Å². The molecule has 1 fully saturated rings. The Morgan fingerprint density at radius 2 is 2.38 bits per heavy atom. The molecule has 0 spiro atoms. The van der Waals surface area contributed by atoms with Gasteiger partial charge in [-0.3, -0.25) is 9.59 Å². The maximum atomic E-state index is 11.3. The Bertz CT molecular complexity index is 243. The van der Waals surface area contributed by atoms with Gasteiger partial charge in [-0.1, -0.05) is 13.3 Å². The normalized spacial score (nSPS) is 16.3. The summed E-state index contributed by atoms with van der Waals surface area (Å²) in [5.41, 5.74) is 0. The van der Waals surface area contributed by atoms with Crippen LogP contribution in [0.5, 0.6) is 0 Å². The molecule has 2 amide bonds.